The Kier molecular flexibility index (Phi) is 3.28. The first kappa shape index (κ1) is 14.7. The second-order valence-corrected chi connectivity index (χ2v) is 5.84. The lowest BCUT2D eigenvalue weighted by Gasteiger charge is -2.10. The van der Waals surface area contributed by atoms with Gasteiger partial charge in [0.1, 0.15) is 5.75 Å². The molecule has 0 spiro atoms. The monoisotopic (exact) mass is 328 g/mol. The van der Waals surface area contributed by atoms with Crippen LogP contribution in [0.15, 0.2) is 24.3 Å². The van der Waals surface area contributed by atoms with Gasteiger partial charge in [-0.1, -0.05) is 6.07 Å². The van der Waals surface area contributed by atoms with Crippen molar-refractivity contribution in [2.24, 2.45) is 0 Å². The van der Waals surface area contributed by atoms with Crippen molar-refractivity contribution in [3.8, 4) is 16.9 Å². The van der Waals surface area contributed by atoms with E-state index in [1.165, 1.54) is 17.4 Å². The number of fused-ring (bicyclic) bond motifs is 1. The van der Waals surface area contributed by atoms with E-state index in [1.54, 1.807) is 12.1 Å². The lowest BCUT2D eigenvalue weighted by Crippen LogP contribution is -2.10. The molecule has 1 N–H and O–H groups in total. The average Bonchev–Trinajstić information content (AvgIpc) is 2.78. The van der Waals surface area contributed by atoms with E-state index in [0.29, 0.717) is 5.56 Å². The van der Waals surface area contributed by atoms with Crippen LogP contribution in [0.5, 0.6) is 5.75 Å². The van der Waals surface area contributed by atoms with Crippen LogP contribution in [0.1, 0.15) is 10.7 Å². The van der Waals surface area contributed by atoms with Crippen LogP contribution in [0, 0.1) is 12.9 Å². The second kappa shape index (κ2) is 4.91. The van der Waals surface area contributed by atoms with Crippen LogP contribution in [0.3, 0.4) is 0 Å². The molecule has 0 bridgehead atoms. The number of halogens is 4. The van der Waals surface area contributed by atoms with Crippen LogP contribution in [-0.2, 0) is 6.18 Å². The molecule has 8 heteroatoms. The predicted molar refractivity (Wildman–Crippen MR) is 74.2 cm³/mol. The summed E-state index contributed by atoms with van der Waals surface area (Å²) in [6.45, 7) is 1.82. The number of thiazole rings is 1. The Hall–Kier alpha value is -2.22. The fraction of sp³-hybridized carbons (Fsp3) is 0.143. The number of aromatic hydroxyl groups is 1. The van der Waals surface area contributed by atoms with Crippen molar-refractivity contribution in [2.75, 3.05) is 0 Å². The predicted octanol–water partition coefficient (Wildman–Crippen LogP) is 4.53. The number of aromatic nitrogens is 2. The number of aryl methyl sites for hydroxylation is 1. The summed E-state index contributed by atoms with van der Waals surface area (Å²) in [6.07, 6.45) is -4.91. The van der Waals surface area contributed by atoms with Crippen LogP contribution in [0.4, 0.5) is 17.6 Å². The van der Waals surface area contributed by atoms with E-state index in [4.69, 9.17) is 0 Å². The molecular formula is C14H8F4N2OS. The molecule has 0 aliphatic carbocycles. The molecule has 3 aromatic rings. The van der Waals surface area contributed by atoms with Gasteiger partial charge in [-0.25, -0.2) is 9.97 Å². The van der Waals surface area contributed by atoms with E-state index >= 15 is 0 Å². The van der Waals surface area contributed by atoms with Gasteiger partial charge in [0.25, 0.3) is 0 Å². The minimum absolute atomic E-state index is 0.196. The first-order valence-corrected chi connectivity index (χ1v) is 6.91. The highest BCUT2D eigenvalue weighted by atomic mass is 32.1. The molecule has 0 radical (unpaired) electrons. The highest BCUT2D eigenvalue weighted by Gasteiger charge is 2.37. The maximum atomic E-state index is 13.9. The number of nitrogens with zero attached hydrogens (tertiary/aromatic N) is 2. The third-order valence-corrected chi connectivity index (χ3v) is 3.96. The summed E-state index contributed by atoms with van der Waals surface area (Å²) in [5.41, 5.74) is -0.789. The van der Waals surface area contributed by atoms with E-state index in [0.717, 1.165) is 21.3 Å². The molecule has 2 aromatic heterocycles. The highest BCUT2D eigenvalue weighted by Crippen LogP contribution is 2.37. The van der Waals surface area contributed by atoms with Crippen LogP contribution in [0.25, 0.3) is 21.3 Å². The number of benzene rings is 1. The molecule has 3 rings (SSSR count). The minimum atomic E-state index is -4.91. The summed E-state index contributed by atoms with van der Waals surface area (Å²) in [6, 6.07) is 5.50. The molecule has 3 nitrogen and oxygen atoms in total. The second-order valence-electron chi connectivity index (χ2n) is 4.61. The van der Waals surface area contributed by atoms with Gasteiger partial charge < -0.3 is 5.11 Å². The van der Waals surface area contributed by atoms with Gasteiger partial charge in [-0.2, -0.15) is 17.6 Å². The van der Waals surface area contributed by atoms with Gasteiger partial charge in [-0.3, -0.25) is 0 Å². The van der Waals surface area contributed by atoms with Gasteiger partial charge in [0.15, 0.2) is 5.69 Å². The normalized spacial score (nSPS) is 12.0. The maximum Gasteiger partial charge on any atom is 0.437 e. The number of hydrogen-bond acceptors (Lipinski definition) is 4. The van der Waals surface area contributed by atoms with Crippen molar-refractivity contribution in [1.82, 2.24) is 9.97 Å². The lowest BCUT2D eigenvalue weighted by atomic mass is 10.1. The Morgan fingerprint density at radius 2 is 1.86 bits per heavy atom. The van der Waals surface area contributed by atoms with Crippen LogP contribution in [0.2, 0.25) is 0 Å². The standard InChI is InChI=1S/C14H8F4N2OS/c1-6-19-9-3-2-7(4-11(9)22-6)8-5-10(21)12(14(16,17)18)20-13(8)15/h2-5,21H,1H3. The van der Waals surface area contributed by atoms with Gasteiger partial charge in [-0.05, 0) is 30.7 Å². The Morgan fingerprint density at radius 1 is 1.14 bits per heavy atom. The zero-order chi connectivity index (χ0) is 16.1. The number of rotatable bonds is 1. The van der Waals surface area contributed by atoms with Gasteiger partial charge in [0, 0.05) is 5.56 Å². The van der Waals surface area contributed by atoms with E-state index in [2.05, 4.69) is 9.97 Å². The van der Waals surface area contributed by atoms with Crippen molar-refractivity contribution >= 4 is 21.6 Å². The third kappa shape index (κ3) is 2.50. The van der Waals surface area contributed by atoms with Crippen LogP contribution >= 0.6 is 11.3 Å². The summed E-state index contributed by atoms with van der Waals surface area (Å²) in [7, 11) is 0. The molecule has 0 amide bonds. The number of alkyl halides is 3. The van der Waals surface area contributed by atoms with Gasteiger partial charge in [0.2, 0.25) is 5.95 Å². The van der Waals surface area contributed by atoms with E-state index in [-0.39, 0.29) is 5.56 Å². The molecule has 1 aromatic carbocycles. The largest absolute Gasteiger partial charge is 0.506 e. The SMILES string of the molecule is Cc1nc2ccc(-c3cc(O)c(C(F)(F)F)nc3F)cc2s1. The van der Waals surface area contributed by atoms with Gasteiger partial charge >= 0.3 is 6.18 Å². The maximum absolute atomic E-state index is 13.9. The van der Waals surface area contributed by atoms with Crippen molar-refractivity contribution < 1.29 is 22.7 Å². The summed E-state index contributed by atoms with van der Waals surface area (Å²) in [4.78, 5) is 7.10. The van der Waals surface area contributed by atoms with Crippen molar-refractivity contribution in [2.45, 2.75) is 13.1 Å². The van der Waals surface area contributed by atoms with Gasteiger partial charge in [0.05, 0.1) is 15.2 Å². The Morgan fingerprint density at radius 3 is 2.55 bits per heavy atom. The molecule has 0 aliphatic heterocycles. The molecule has 0 saturated carbocycles. The molecule has 114 valence electrons. The Bertz CT molecular complexity index is 873. The van der Waals surface area contributed by atoms with Crippen LogP contribution in [-0.4, -0.2) is 15.1 Å². The summed E-state index contributed by atoms with van der Waals surface area (Å²) in [5, 5.41) is 10.3. The topological polar surface area (TPSA) is 46.0 Å². The Balaban J connectivity index is 2.16. The van der Waals surface area contributed by atoms with Crippen molar-refractivity contribution in [1.29, 1.82) is 0 Å². The fourth-order valence-corrected chi connectivity index (χ4v) is 2.97. The minimum Gasteiger partial charge on any atom is -0.506 e. The lowest BCUT2D eigenvalue weighted by molar-refractivity contribution is -0.142. The average molecular weight is 328 g/mol. The van der Waals surface area contributed by atoms with Gasteiger partial charge in [-0.15, -0.1) is 11.3 Å². The number of pyridine rings is 1. The first-order chi connectivity index (χ1) is 10.3. The first-order valence-electron chi connectivity index (χ1n) is 6.10. The molecule has 22 heavy (non-hydrogen) atoms. The van der Waals surface area contributed by atoms with Crippen LogP contribution < -0.4 is 0 Å². The molecule has 2 heterocycles. The van der Waals surface area contributed by atoms with Crippen molar-refractivity contribution in [3.63, 3.8) is 0 Å². The number of hydrogen-bond donors (Lipinski definition) is 1. The molecule has 0 aliphatic rings. The van der Waals surface area contributed by atoms with E-state index in [9.17, 15) is 22.7 Å². The van der Waals surface area contributed by atoms with E-state index < -0.39 is 23.6 Å². The summed E-state index contributed by atoms with van der Waals surface area (Å²) >= 11 is 1.38. The molecule has 0 atom stereocenters. The van der Waals surface area contributed by atoms with E-state index in [1.807, 2.05) is 6.92 Å². The molecule has 0 saturated heterocycles. The smallest absolute Gasteiger partial charge is 0.437 e. The molecule has 0 fully saturated rings. The Labute approximate surface area is 125 Å². The van der Waals surface area contributed by atoms with Crippen molar-refractivity contribution in [3.05, 3.63) is 40.9 Å². The fourth-order valence-electron chi connectivity index (χ4n) is 2.10. The highest BCUT2D eigenvalue weighted by molar-refractivity contribution is 7.18. The third-order valence-electron chi connectivity index (χ3n) is 3.03. The summed E-state index contributed by atoms with van der Waals surface area (Å²) in [5.74, 6) is -2.39. The summed E-state index contributed by atoms with van der Waals surface area (Å²) < 4.78 is 52.4. The molecular weight excluding hydrogens is 320 g/mol. The molecule has 0 unspecified atom stereocenters. The zero-order valence-corrected chi connectivity index (χ0v) is 11.9. The zero-order valence-electron chi connectivity index (χ0n) is 11.1. The quantitative estimate of drug-likeness (QED) is 0.527.